The Bertz CT molecular complexity index is 4090. The van der Waals surface area contributed by atoms with E-state index in [1.165, 1.54) is 25.5 Å². The number of H-pyrrole nitrogens is 2. The monoisotopic (exact) mass is 958 g/mol. The van der Waals surface area contributed by atoms with Gasteiger partial charge in [0.05, 0.1) is 55.2 Å². The Morgan fingerprint density at radius 2 is 1.43 bits per heavy atom. The minimum Gasteiger partial charge on any atom is -0.420 e. The van der Waals surface area contributed by atoms with E-state index in [4.69, 9.17) is 42.9 Å². The van der Waals surface area contributed by atoms with E-state index in [-0.39, 0.29) is 45.2 Å². The number of pyridine rings is 6. The van der Waals surface area contributed by atoms with Crippen molar-refractivity contribution in [2.24, 2.45) is 7.05 Å². The number of esters is 1. The molecule has 0 aliphatic heterocycles. The molecule has 11 rings (SSSR count). The lowest BCUT2D eigenvalue weighted by atomic mass is 9.90. The summed E-state index contributed by atoms with van der Waals surface area (Å²) in [6, 6.07) is 36.9. The van der Waals surface area contributed by atoms with Gasteiger partial charge in [0, 0.05) is 95.4 Å². The Morgan fingerprint density at radius 3 is 2.21 bits per heavy atom. The minimum absolute atomic E-state index is 0.0332. The molecule has 0 aliphatic carbocycles. The van der Waals surface area contributed by atoms with Gasteiger partial charge in [0.2, 0.25) is 5.43 Å². The molecule has 11 aromatic rings. The van der Waals surface area contributed by atoms with Crippen LogP contribution < -0.4 is 20.9 Å². The van der Waals surface area contributed by atoms with Gasteiger partial charge in [-0.25, -0.2) is 9.97 Å². The molecule has 0 atom stereocenters. The number of nitrogens with zero attached hydrogens (tertiary/aromatic N) is 5. The van der Waals surface area contributed by atoms with Crippen LogP contribution in [-0.4, -0.2) is 53.4 Å². The van der Waals surface area contributed by atoms with Crippen molar-refractivity contribution in [1.29, 1.82) is 0 Å². The number of carbonyl (C=O) groups excluding carboxylic acids is 2. The Hall–Kier alpha value is -8.78. The van der Waals surface area contributed by atoms with Crippen molar-refractivity contribution in [2.45, 2.75) is 6.42 Å². The van der Waals surface area contributed by atoms with E-state index in [2.05, 4.69) is 20.3 Å². The molecule has 3 N–H and O–H groups in total. The van der Waals surface area contributed by atoms with Crippen LogP contribution in [0.3, 0.4) is 0 Å². The zero-order valence-corrected chi connectivity index (χ0v) is 38.7. The van der Waals surface area contributed by atoms with Crippen molar-refractivity contribution in [2.75, 3.05) is 7.05 Å². The van der Waals surface area contributed by atoms with Crippen LogP contribution in [0.5, 0.6) is 5.75 Å². The maximum Gasteiger partial charge on any atom is 0.317 e. The molecule has 15 heteroatoms. The summed E-state index contributed by atoms with van der Waals surface area (Å²) < 4.78 is 7.46. The Morgan fingerprint density at radius 1 is 0.700 bits per heavy atom. The van der Waals surface area contributed by atoms with Gasteiger partial charge < -0.3 is 24.6 Å². The number of rotatable bonds is 9. The molecule has 0 spiro atoms. The summed E-state index contributed by atoms with van der Waals surface area (Å²) in [6.07, 6.45) is 8.05. The summed E-state index contributed by atoms with van der Waals surface area (Å²) in [5.41, 5.74) is 7.61. The van der Waals surface area contributed by atoms with Crippen molar-refractivity contribution in [1.82, 2.24) is 39.8 Å². The largest absolute Gasteiger partial charge is 0.420 e. The van der Waals surface area contributed by atoms with Gasteiger partial charge in [0.25, 0.3) is 5.91 Å². The number of halogens is 2. The van der Waals surface area contributed by atoms with Crippen molar-refractivity contribution >= 4 is 79.0 Å². The van der Waals surface area contributed by atoms with Gasteiger partial charge in [0.1, 0.15) is 11.3 Å². The zero-order chi connectivity index (χ0) is 48.2. The van der Waals surface area contributed by atoms with E-state index in [0.717, 1.165) is 22.2 Å². The fourth-order valence-corrected chi connectivity index (χ4v) is 9.56. The summed E-state index contributed by atoms with van der Waals surface area (Å²) in [6.45, 7) is 0. The summed E-state index contributed by atoms with van der Waals surface area (Å²) in [7, 11) is 3.34. The lowest BCUT2D eigenvalue weighted by Crippen LogP contribution is -2.22. The molecular weight excluding hydrogens is 924 g/mol. The van der Waals surface area contributed by atoms with E-state index >= 15 is 0 Å². The Balaban J connectivity index is 1.10. The maximum absolute atomic E-state index is 14.2. The SMILES string of the molecule is CNC(=O)c1c(-c2cc(Cl)c3ncc(-c4ccccc4-c4nc5[nH]cc(OC(=O)Cc6cccn6C)c(=O)c5cc4-c4cc(Cl)c5ncccc5c4)cc3c2)c(-c2ccccc2)nc2[nH]ccc(=O)c12. The number of benzene rings is 4. The molecule has 7 heterocycles. The summed E-state index contributed by atoms with van der Waals surface area (Å²) >= 11 is 14.0. The third kappa shape index (κ3) is 7.72. The first-order valence-corrected chi connectivity index (χ1v) is 22.7. The molecule has 13 nitrogen and oxygen atoms in total. The highest BCUT2D eigenvalue weighted by Gasteiger charge is 2.26. The van der Waals surface area contributed by atoms with Crippen molar-refractivity contribution in [3.8, 4) is 61.6 Å². The lowest BCUT2D eigenvalue weighted by Gasteiger charge is -2.18. The molecule has 4 aromatic carbocycles. The molecular formula is C55H36Cl2N8O5. The normalized spacial score (nSPS) is 11.4. The highest BCUT2D eigenvalue weighted by Crippen LogP contribution is 2.43. The highest BCUT2D eigenvalue weighted by atomic mass is 35.5. The molecule has 7 aromatic heterocycles. The van der Waals surface area contributed by atoms with E-state index in [1.807, 2.05) is 115 Å². The molecule has 0 unspecified atom stereocenters. The fourth-order valence-electron chi connectivity index (χ4n) is 9.01. The predicted octanol–water partition coefficient (Wildman–Crippen LogP) is 10.7. The van der Waals surface area contributed by atoms with Crippen LogP contribution in [0, 0.1) is 0 Å². The molecule has 0 fully saturated rings. The number of nitrogens with one attached hydrogen (secondary N) is 3. The molecule has 1 amide bonds. The number of hydrogen-bond acceptors (Lipinski definition) is 9. The Labute approximate surface area is 407 Å². The second-order valence-corrected chi connectivity index (χ2v) is 17.4. The third-order valence-electron chi connectivity index (χ3n) is 12.3. The zero-order valence-electron chi connectivity index (χ0n) is 37.2. The van der Waals surface area contributed by atoms with Crippen LogP contribution in [-0.2, 0) is 18.3 Å². The van der Waals surface area contributed by atoms with Crippen molar-refractivity contribution in [3.63, 3.8) is 0 Å². The van der Waals surface area contributed by atoms with Gasteiger partial charge in [-0.05, 0) is 71.3 Å². The van der Waals surface area contributed by atoms with Crippen LogP contribution in [0.2, 0.25) is 10.0 Å². The van der Waals surface area contributed by atoms with Crippen molar-refractivity contribution in [3.05, 3.63) is 194 Å². The fraction of sp³-hybridized carbons (Fsp3) is 0.0545. The number of aromatic amines is 2. The maximum atomic E-state index is 14.2. The van der Waals surface area contributed by atoms with Gasteiger partial charge in [-0.1, -0.05) is 83.9 Å². The highest BCUT2D eigenvalue weighted by molar-refractivity contribution is 6.36. The van der Waals surface area contributed by atoms with Crippen LogP contribution in [0.4, 0.5) is 0 Å². The standard InChI is InChI=1S/C55H36Cl2N8O5/c1-58-55(69)47-45(50(29-10-4-3-5-11-29)63-54-46(47)42(66)16-18-60-54)32-21-33-22-34(27-61-49(33)41(57)24-32)36-14-6-7-15-37(36)51-38(31-20-30-12-8-17-59-48(30)40(56)23-31)26-39-52(68)43(28-62-53(39)64-51)70-44(67)25-35-13-9-19-65(35)2/h3-24,26-28H,25H2,1-2H3,(H,58,69)(H,60,63,66)(H,62,64,68). The van der Waals surface area contributed by atoms with E-state index in [0.29, 0.717) is 71.2 Å². The van der Waals surface area contributed by atoms with Gasteiger partial charge in [0.15, 0.2) is 11.2 Å². The molecule has 0 bridgehead atoms. The molecule has 0 saturated carbocycles. The first-order chi connectivity index (χ1) is 34.0. The van der Waals surface area contributed by atoms with Crippen LogP contribution >= 0.6 is 23.2 Å². The van der Waals surface area contributed by atoms with E-state index < -0.39 is 17.3 Å². The van der Waals surface area contributed by atoms with Gasteiger partial charge in [-0.15, -0.1) is 0 Å². The number of aryl methyl sites for hydroxylation is 1. The van der Waals surface area contributed by atoms with E-state index in [1.54, 1.807) is 30.6 Å². The Kier molecular flexibility index (Phi) is 11.1. The lowest BCUT2D eigenvalue weighted by molar-refractivity contribution is -0.133. The van der Waals surface area contributed by atoms with Crippen molar-refractivity contribution < 1.29 is 14.3 Å². The second kappa shape index (κ2) is 17.7. The van der Waals surface area contributed by atoms with Crippen LogP contribution in [0.25, 0.3) is 99.8 Å². The predicted molar refractivity (Wildman–Crippen MR) is 274 cm³/mol. The first-order valence-electron chi connectivity index (χ1n) is 22.0. The van der Waals surface area contributed by atoms with Gasteiger partial charge in [-0.2, -0.15) is 0 Å². The molecule has 0 radical (unpaired) electrons. The van der Waals surface area contributed by atoms with E-state index in [9.17, 15) is 19.2 Å². The van der Waals surface area contributed by atoms with Crippen LogP contribution in [0.15, 0.2) is 162 Å². The number of fused-ring (bicyclic) bond motifs is 4. The number of hydrogen-bond donors (Lipinski definition) is 3. The number of amides is 1. The minimum atomic E-state index is -0.593. The van der Waals surface area contributed by atoms with Crippen LogP contribution in [0.1, 0.15) is 16.1 Å². The average molecular weight is 960 g/mol. The summed E-state index contributed by atoms with van der Waals surface area (Å²) in [4.78, 5) is 80.4. The molecule has 0 aliphatic rings. The average Bonchev–Trinajstić information content (AvgIpc) is 3.79. The van der Waals surface area contributed by atoms with Gasteiger partial charge in [-0.3, -0.25) is 29.1 Å². The second-order valence-electron chi connectivity index (χ2n) is 16.6. The first kappa shape index (κ1) is 43.8. The van der Waals surface area contributed by atoms with Gasteiger partial charge >= 0.3 is 5.97 Å². The number of aromatic nitrogens is 7. The number of carbonyl (C=O) groups is 2. The quantitative estimate of drug-likeness (QED) is 0.119. The summed E-state index contributed by atoms with van der Waals surface area (Å²) in [5.74, 6) is -1.24. The third-order valence-corrected chi connectivity index (χ3v) is 12.9. The topological polar surface area (TPSA) is 178 Å². The molecule has 0 saturated heterocycles. The smallest absolute Gasteiger partial charge is 0.317 e. The summed E-state index contributed by atoms with van der Waals surface area (Å²) in [5, 5.41) is 5.18. The molecule has 70 heavy (non-hydrogen) atoms. The molecule has 340 valence electrons. The number of ether oxygens (including phenoxy) is 1.